The molecule has 0 saturated heterocycles. The highest BCUT2D eigenvalue weighted by Crippen LogP contribution is 2.20. The van der Waals surface area contributed by atoms with Crippen molar-refractivity contribution in [3.8, 4) is 0 Å². The van der Waals surface area contributed by atoms with Crippen molar-refractivity contribution in [1.82, 2.24) is 0 Å². The molecule has 3 rings (SSSR count). The molecule has 1 heterocycles. The first-order valence-corrected chi connectivity index (χ1v) is 8.80. The first kappa shape index (κ1) is 17.3. The molecule has 0 spiro atoms. The highest BCUT2D eigenvalue weighted by molar-refractivity contribution is 7.09. The van der Waals surface area contributed by atoms with Gasteiger partial charge >= 0.3 is 0 Å². The largest absolute Gasteiger partial charge is 0.367 e. The minimum absolute atomic E-state index is 0.0301. The van der Waals surface area contributed by atoms with Gasteiger partial charge in [0.05, 0.1) is 13.2 Å². The Morgan fingerprint density at radius 3 is 2.44 bits per heavy atom. The summed E-state index contributed by atoms with van der Waals surface area (Å²) in [5.41, 5.74) is 1.67. The van der Waals surface area contributed by atoms with Crippen molar-refractivity contribution in [2.75, 3.05) is 11.5 Å². The van der Waals surface area contributed by atoms with Crippen molar-refractivity contribution in [3.05, 3.63) is 88.4 Å². The number of carbonyl (C=O) groups is 1. The van der Waals surface area contributed by atoms with Crippen LogP contribution in [0.4, 0.5) is 10.1 Å². The molecule has 0 bridgehead atoms. The number of hydrogen-bond acceptors (Lipinski definition) is 3. The van der Waals surface area contributed by atoms with E-state index in [1.165, 1.54) is 12.1 Å². The van der Waals surface area contributed by atoms with Gasteiger partial charge in [-0.2, -0.15) is 0 Å². The van der Waals surface area contributed by atoms with Gasteiger partial charge in [-0.3, -0.25) is 4.79 Å². The number of ether oxygens (including phenoxy) is 1. The molecule has 1 aromatic heterocycles. The Hall–Kier alpha value is -2.50. The zero-order chi connectivity index (χ0) is 17.5. The summed E-state index contributed by atoms with van der Waals surface area (Å²) in [6.45, 7) is 0.789. The SMILES string of the molecule is O=C(COCc1ccccc1)N(Cc1cccs1)c1ccc(F)cc1. The predicted molar refractivity (Wildman–Crippen MR) is 98.0 cm³/mol. The minimum Gasteiger partial charge on any atom is -0.367 e. The Kier molecular flexibility index (Phi) is 5.93. The van der Waals surface area contributed by atoms with Crippen molar-refractivity contribution in [2.24, 2.45) is 0 Å². The molecule has 5 heteroatoms. The molecule has 0 unspecified atom stereocenters. The third-order valence-electron chi connectivity index (χ3n) is 3.67. The van der Waals surface area contributed by atoms with E-state index in [0.29, 0.717) is 18.8 Å². The molecule has 0 radical (unpaired) electrons. The number of halogens is 1. The zero-order valence-corrected chi connectivity index (χ0v) is 14.4. The molecule has 2 aromatic carbocycles. The Morgan fingerprint density at radius 2 is 1.76 bits per heavy atom. The van der Waals surface area contributed by atoms with E-state index in [2.05, 4.69) is 0 Å². The average molecular weight is 355 g/mol. The summed E-state index contributed by atoms with van der Waals surface area (Å²) in [6, 6.07) is 19.6. The first-order valence-electron chi connectivity index (χ1n) is 7.92. The third-order valence-corrected chi connectivity index (χ3v) is 4.53. The van der Waals surface area contributed by atoms with Gasteiger partial charge in [0, 0.05) is 10.6 Å². The van der Waals surface area contributed by atoms with Crippen LogP contribution in [0.25, 0.3) is 0 Å². The Bertz CT molecular complexity index is 788. The lowest BCUT2D eigenvalue weighted by Gasteiger charge is -2.22. The number of carbonyl (C=O) groups excluding carboxylic acids is 1. The van der Waals surface area contributed by atoms with Gasteiger partial charge in [0.25, 0.3) is 5.91 Å². The standard InChI is InChI=1S/C20H18FNO2S/c21-17-8-10-18(11-9-17)22(13-19-7-4-12-25-19)20(23)15-24-14-16-5-2-1-3-6-16/h1-12H,13-15H2. The monoisotopic (exact) mass is 355 g/mol. The van der Waals surface area contributed by atoms with Gasteiger partial charge in [0.15, 0.2) is 0 Å². The number of hydrogen-bond donors (Lipinski definition) is 0. The van der Waals surface area contributed by atoms with Gasteiger partial charge in [-0.1, -0.05) is 36.4 Å². The summed E-state index contributed by atoms with van der Waals surface area (Å²) in [4.78, 5) is 15.3. The quantitative estimate of drug-likeness (QED) is 0.618. The molecule has 0 atom stereocenters. The highest BCUT2D eigenvalue weighted by Gasteiger charge is 2.17. The summed E-state index contributed by atoms with van der Waals surface area (Å²) in [7, 11) is 0. The van der Waals surface area contributed by atoms with E-state index >= 15 is 0 Å². The Labute approximate surface area is 150 Å². The second-order valence-electron chi connectivity index (χ2n) is 5.51. The molecule has 0 aliphatic rings. The van der Waals surface area contributed by atoms with Crippen LogP contribution in [0.3, 0.4) is 0 Å². The predicted octanol–water partition coefficient (Wildman–Crippen LogP) is 4.64. The van der Waals surface area contributed by atoms with Gasteiger partial charge in [-0.05, 0) is 41.3 Å². The molecule has 3 nitrogen and oxygen atoms in total. The molecule has 3 aromatic rings. The fourth-order valence-electron chi connectivity index (χ4n) is 2.41. The van der Waals surface area contributed by atoms with Crippen LogP contribution in [-0.4, -0.2) is 12.5 Å². The van der Waals surface area contributed by atoms with Crippen LogP contribution in [0.15, 0.2) is 72.1 Å². The van der Waals surface area contributed by atoms with Gasteiger partial charge in [-0.15, -0.1) is 11.3 Å². The van der Waals surface area contributed by atoms with Crippen molar-refractivity contribution >= 4 is 22.9 Å². The van der Waals surface area contributed by atoms with Gasteiger partial charge < -0.3 is 9.64 Å². The Balaban J connectivity index is 1.67. The van der Waals surface area contributed by atoms with Crippen LogP contribution in [0.1, 0.15) is 10.4 Å². The second-order valence-corrected chi connectivity index (χ2v) is 6.55. The Morgan fingerprint density at radius 1 is 1.00 bits per heavy atom. The summed E-state index contributed by atoms with van der Waals surface area (Å²) in [5.74, 6) is -0.483. The van der Waals surface area contributed by atoms with Crippen molar-refractivity contribution in [3.63, 3.8) is 0 Å². The number of benzene rings is 2. The topological polar surface area (TPSA) is 29.5 Å². The van der Waals surface area contributed by atoms with E-state index < -0.39 is 0 Å². The molecule has 0 N–H and O–H groups in total. The maximum Gasteiger partial charge on any atom is 0.253 e. The van der Waals surface area contributed by atoms with Crippen LogP contribution >= 0.6 is 11.3 Å². The number of nitrogens with zero attached hydrogens (tertiary/aromatic N) is 1. The minimum atomic E-state index is -0.326. The van der Waals surface area contributed by atoms with Crippen molar-refractivity contribution in [2.45, 2.75) is 13.2 Å². The number of thiophene rings is 1. The van der Waals surface area contributed by atoms with Crippen LogP contribution in [-0.2, 0) is 22.7 Å². The second kappa shape index (κ2) is 8.55. The van der Waals surface area contributed by atoms with Gasteiger partial charge in [-0.25, -0.2) is 4.39 Å². The van der Waals surface area contributed by atoms with E-state index in [1.807, 2.05) is 47.8 Å². The zero-order valence-electron chi connectivity index (χ0n) is 13.6. The summed E-state index contributed by atoms with van der Waals surface area (Å²) in [5, 5.41) is 1.97. The summed E-state index contributed by atoms with van der Waals surface area (Å²) < 4.78 is 18.8. The fourth-order valence-corrected chi connectivity index (χ4v) is 3.10. The number of anilines is 1. The number of rotatable bonds is 7. The van der Waals surface area contributed by atoms with Crippen LogP contribution in [0, 0.1) is 5.82 Å². The van der Waals surface area contributed by atoms with Crippen LogP contribution in [0.2, 0.25) is 0 Å². The van der Waals surface area contributed by atoms with Crippen molar-refractivity contribution < 1.29 is 13.9 Å². The van der Waals surface area contributed by atoms with Gasteiger partial charge in [0.2, 0.25) is 0 Å². The van der Waals surface area contributed by atoms with Crippen LogP contribution < -0.4 is 4.90 Å². The highest BCUT2D eigenvalue weighted by atomic mass is 32.1. The molecule has 0 aliphatic carbocycles. The molecular formula is C20H18FNO2S. The lowest BCUT2D eigenvalue weighted by Crippen LogP contribution is -2.33. The molecule has 0 fully saturated rings. The molecule has 0 aliphatic heterocycles. The molecular weight excluding hydrogens is 337 g/mol. The van der Waals surface area contributed by atoms with E-state index in [-0.39, 0.29) is 18.3 Å². The fraction of sp³-hybridized carbons (Fsp3) is 0.150. The number of amides is 1. The van der Waals surface area contributed by atoms with Crippen LogP contribution in [0.5, 0.6) is 0 Å². The summed E-state index contributed by atoms with van der Waals surface area (Å²) in [6.07, 6.45) is 0. The van der Waals surface area contributed by atoms with E-state index in [4.69, 9.17) is 4.74 Å². The first-order chi connectivity index (χ1) is 12.2. The lowest BCUT2D eigenvalue weighted by molar-refractivity contribution is -0.123. The van der Waals surface area contributed by atoms with Gasteiger partial charge in [0.1, 0.15) is 12.4 Å². The van der Waals surface area contributed by atoms with E-state index in [0.717, 1.165) is 10.4 Å². The molecule has 1 amide bonds. The maximum absolute atomic E-state index is 13.2. The molecule has 0 saturated carbocycles. The maximum atomic E-state index is 13.2. The van der Waals surface area contributed by atoms with E-state index in [9.17, 15) is 9.18 Å². The lowest BCUT2D eigenvalue weighted by atomic mass is 10.2. The molecule has 128 valence electrons. The normalized spacial score (nSPS) is 10.6. The molecule has 25 heavy (non-hydrogen) atoms. The average Bonchev–Trinajstić information content (AvgIpc) is 3.15. The van der Waals surface area contributed by atoms with E-state index in [1.54, 1.807) is 28.4 Å². The smallest absolute Gasteiger partial charge is 0.253 e. The summed E-state index contributed by atoms with van der Waals surface area (Å²) >= 11 is 1.58. The van der Waals surface area contributed by atoms with Crippen molar-refractivity contribution in [1.29, 1.82) is 0 Å². The third kappa shape index (κ3) is 4.98.